The second kappa shape index (κ2) is 7.34. The van der Waals surface area contributed by atoms with Crippen molar-refractivity contribution in [2.45, 2.75) is 71.4 Å². The topological polar surface area (TPSA) is 63.5 Å². The Labute approximate surface area is 138 Å². The van der Waals surface area contributed by atoms with Crippen molar-refractivity contribution in [2.75, 3.05) is 6.54 Å². The highest BCUT2D eigenvalue weighted by Crippen LogP contribution is 2.34. The third-order valence-corrected chi connectivity index (χ3v) is 4.51. The predicted molar refractivity (Wildman–Crippen MR) is 91.3 cm³/mol. The van der Waals surface area contributed by atoms with Crippen molar-refractivity contribution in [3.63, 3.8) is 0 Å². The molecule has 128 valence electrons. The van der Waals surface area contributed by atoms with Crippen molar-refractivity contribution in [3.8, 4) is 0 Å². The fraction of sp³-hybridized carbons (Fsp3) is 0.765. The first-order valence-electron chi connectivity index (χ1n) is 8.86. The molecule has 2 fully saturated rings. The van der Waals surface area contributed by atoms with Crippen molar-refractivity contribution in [3.05, 3.63) is 18.2 Å². The van der Waals surface area contributed by atoms with Crippen LogP contribution in [0.25, 0.3) is 0 Å². The standard InChI is InChI=1S/C17H29N5O/c1-4-18-17(21-14-9-13-5-6-15(14)23-13)20-10-16-19-7-8-22(16)11-12(2)3/h7-8,12-15H,4-6,9-11H2,1-3H3,(H2,18,20,21). The van der Waals surface area contributed by atoms with Crippen molar-refractivity contribution in [1.29, 1.82) is 0 Å². The maximum Gasteiger partial charge on any atom is 0.192 e. The summed E-state index contributed by atoms with van der Waals surface area (Å²) in [5, 5.41) is 6.89. The zero-order valence-electron chi connectivity index (χ0n) is 14.5. The zero-order chi connectivity index (χ0) is 16.2. The van der Waals surface area contributed by atoms with Crippen LogP contribution in [0.3, 0.4) is 0 Å². The predicted octanol–water partition coefficient (Wildman–Crippen LogP) is 1.91. The molecule has 2 bridgehead atoms. The first-order valence-corrected chi connectivity index (χ1v) is 8.86. The number of nitrogens with zero attached hydrogens (tertiary/aromatic N) is 3. The van der Waals surface area contributed by atoms with Gasteiger partial charge in [-0.1, -0.05) is 13.8 Å². The molecule has 2 aliphatic heterocycles. The number of rotatable bonds is 6. The maximum absolute atomic E-state index is 5.92. The third kappa shape index (κ3) is 4.05. The zero-order valence-corrected chi connectivity index (χ0v) is 14.5. The van der Waals surface area contributed by atoms with Crippen molar-refractivity contribution >= 4 is 5.96 Å². The summed E-state index contributed by atoms with van der Waals surface area (Å²) in [7, 11) is 0. The minimum absolute atomic E-state index is 0.354. The van der Waals surface area contributed by atoms with Gasteiger partial charge < -0.3 is 19.9 Å². The molecule has 1 aromatic heterocycles. The molecule has 3 rings (SSSR count). The second-order valence-corrected chi connectivity index (χ2v) is 6.95. The Morgan fingerprint density at radius 2 is 2.35 bits per heavy atom. The van der Waals surface area contributed by atoms with Gasteiger partial charge in [0.05, 0.1) is 18.2 Å². The lowest BCUT2D eigenvalue weighted by atomic mass is 9.96. The van der Waals surface area contributed by atoms with Gasteiger partial charge in [-0.2, -0.15) is 0 Å². The third-order valence-electron chi connectivity index (χ3n) is 4.51. The number of imidazole rings is 1. The van der Waals surface area contributed by atoms with Crippen LogP contribution in [0.1, 0.15) is 45.9 Å². The van der Waals surface area contributed by atoms with E-state index in [4.69, 9.17) is 9.73 Å². The fourth-order valence-corrected chi connectivity index (χ4v) is 3.49. The molecular weight excluding hydrogens is 290 g/mol. The highest BCUT2D eigenvalue weighted by molar-refractivity contribution is 5.80. The normalized spacial score (nSPS) is 27.0. The Kier molecular flexibility index (Phi) is 5.20. The minimum atomic E-state index is 0.354. The van der Waals surface area contributed by atoms with Gasteiger partial charge in [0.25, 0.3) is 0 Å². The number of aromatic nitrogens is 2. The molecule has 3 heterocycles. The van der Waals surface area contributed by atoms with Crippen LogP contribution >= 0.6 is 0 Å². The second-order valence-electron chi connectivity index (χ2n) is 6.95. The first-order chi connectivity index (χ1) is 11.2. The summed E-state index contributed by atoms with van der Waals surface area (Å²) in [5.74, 6) is 2.48. The average Bonchev–Trinajstić information content (AvgIpc) is 3.21. The largest absolute Gasteiger partial charge is 0.373 e. The summed E-state index contributed by atoms with van der Waals surface area (Å²) < 4.78 is 8.11. The Hall–Kier alpha value is -1.56. The first kappa shape index (κ1) is 16.3. The van der Waals surface area contributed by atoms with Gasteiger partial charge in [0.15, 0.2) is 5.96 Å². The quantitative estimate of drug-likeness (QED) is 0.621. The van der Waals surface area contributed by atoms with Gasteiger partial charge in [0.2, 0.25) is 0 Å². The molecule has 6 nitrogen and oxygen atoms in total. The summed E-state index contributed by atoms with van der Waals surface area (Å²) in [5.41, 5.74) is 0. The van der Waals surface area contributed by atoms with E-state index in [-0.39, 0.29) is 0 Å². The molecule has 0 amide bonds. The highest BCUT2D eigenvalue weighted by Gasteiger charge is 2.41. The Bertz CT molecular complexity index is 539. The number of aliphatic imine (C=N–C) groups is 1. The average molecular weight is 319 g/mol. The van der Waals surface area contributed by atoms with Gasteiger partial charge in [-0.25, -0.2) is 9.98 Å². The van der Waals surface area contributed by atoms with Gasteiger partial charge >= 0.3 is 0 Å². The van der Waals surface area contributed by atoms with E-state index < -0.39 is 0 Å². The number of hydrogen-bond acceptors (Lipinski definition) is 3. The lowest BCUT2D eigenvalue weighted by molar-refractivity contribution is 0.0992. The molecule has 2 saturated heterocycles. The lowest BCUT2D eigenvalue weighted by Gasteiger charge is -2.22. The van der Waals surface area contributed by atoms with E-state index in [0.29, 0.717) is 30.7 Å². The van der Waals surface area contributed by atoms with Crippen molar-refractivity contribution < 1.29 is 4.74 Å². The molecule has 3 atom stereocenters. The summed E-state index contributed by atoms with van der Waals surface area (Å²) in [4.78, 5) is 9.17. The van der Waals surface area contributed by atoms with Crippen LogP contribution in [-0.4, -0.2) is 40.3 Å². The molecule has 0 aliphatic carbocycles. The molecule has 0 aromatic carbocycles. The Morgan fingerprint density at radius 3 is 3.00 bits per heavy atom. The van der Waals surface area contributed by atoms with E-state index in [1.54, 1.807) is 0 Å². The SMILES string of the molecule is CCNC(=NCc1nccn1CC(C)C)NC1CC2CCC1O2. The number of fused-ring (bicyclic) bond motifs is 2. The van der Waals surface area contributed by atoms with Gasteiger partial charge in [-0.3, -0.25) is 0 Å². The van der Waals surface area contributed by atoms with E-state index in [1.807, 2.05) is 12.4 Å². The lowest BCUT2D eigenvalue weighted by Crippen LogP contribution is -2.47. The van der Waals surface area contributed by atoms with E-state index in [0.717, 1.165) is 31.3 Å². The number of guanidine groups is 1. The van der Waals surface area contributed by atoms with Gasteiger partial charge in [-0.15, -0.1) is 0 Å². The van der Waals surface area contributed by atoms with Crippen LogP contribution in [0, 0.1) is 5.92 Å². The molecule has 23 heavy (non-hydrogen) atoms. The molecule has 2 N–H and O–H groups in total. The number of nitrogens with one attached hydrogen (secondary N) is 2. The summed E-state index contributed by atoms with van der Waals surface area (Å²) in [6.45, 7) is 8.95. The van der Waals surface area contributed by atoms with Crippen molar-refractivity contribution in [2.24, 2.45) is 10.9 Å². The molecule has 0 saturated carbocycles. The van der Waals surface area contributed by atoms with Gasteiger partial charge in [-0.05, 0) is 32.1 Å². The van der Waals surface area contributed by atoms with Gasteiger partial charge in [0.1, 0.15) is 12.4 Å². The molecule has 3 unspecified atom stereocenters. The number of hydrogen-bond donors (Lipinski definition) is 2. The summed E-state index contributed by atoms with van der Waals surface area (Å²) in [6, 6.07) is 0.391. The summed E-state index contributed by atoms with van der Waals surface area (Å²) in [6.07, 6.45) is 8.17. The smallest absolute Gasteiger partial charge is 0.192 e. The van der Waals surface area contributed by atoms with E-state index in [9.17, 15) is 0 Å². The molecule has 0 radical (unpaired) electrons. The summed E-state index contributed by atoms with van der Waals surface area (Å²) >= 11 is 0. The molecule has 2 aliphatic rings. The van der Waals surface area contributed by atoms with E-state index >= 15 is 0 Å². The monoisotopic (exact) mass is 319 g/mol. The Morgan fingerprint density at radius 1 is 1.48 bits per heavy atom. The van der Waals surface area contributed by atoms with Crippen LogP contribution in [0.4, 0.5) is 0 Å². The van der Waals surface area contributed by atoms with Crippen LogP contribution in [0.5, 0.6) is 0 Å². The maximum atomic E-state index is 5.92. The molecule has 1 aromatic rings. The van der Waals surface area contributed by atoms with Crippen LogP contribution in [0.2, 0.25) is 0 Å². The minimum Gasteiger partial charge on any atom is -0.373 e. The molecule has 6 heteroatoms. The molecule has 0 spiro atoms. The Balaban J connectivity index is 1.61. The van der Waals surface area contributed by atoms with Crippen LogP contribution in [-0.2, 0) is 17.8 Å². The van der Waals surface area contributed by atoms with Gasteiger partial charge in [0, 0.05) is 25.5 Å². The van der Waals surface area contributed by atoms with Crippen LogP contribution < -0.4 is 10.6 Å². The highest BCUT2D eigenvalue weighted by atomic mass is 16.5. The molecular formula is C17H29N5O. The van der Waals surface area contributed by atoms with Crippen molar-refractivity contribution in [1.82, 2.24) is 20.2 Å². The van der Waals surface area contributed by atoms with E-state index in [1.165, 1.54) is 12.8 Å². The fourth-order valence-electron chi connectivity index (χ4n) is 3.49. The van der Waals surface area contributed by atoms with Crippen LogP contribution in [0.15, 0.2) is 17.4 Å². The van der Waals surface area contributed by atoms with E-state index in [2.05, 4.69) is 41.0 Å². The number of ether oxygens (including phenoxy) is 1.